The van der Waals surface area contributed by atoms with Gasteiger partial charge in [-0.25, -0.2) is 17.6 Å². The summed E-state index contributed by atoms with van der Waals surface area (Å²) in [5.41, 5.74) is -0.0510. The zero-order chi connectivity index (χ0) is 19.3. The predicted octanol–water partition coefficient (Wildman–Crippen LogP) is 1.64. The number of hydrogen-bond donors (Lipinski definition) is 0. The Labute approximate surface area is 152 Å². The zero-order valence-corrected chi connectivity index (χ0v) is 15.7. The van der Waals surface area contributed by atoms with Gasteiger partial charge in [-0.05, 0) is 24.6 Å². The van der Waals surface area contributed by atoms with Crippen LogP contribution >= 0.6 is 0 Å². The van der Waals surface area contributed by atoms with Crippen LogP contribution in [0.3, 0.4) is 0 Å². The molecule has 0 unspecified atom stereocenters. The monoisotopic (exact) mass is 386 g/mol. The molecule has 0 bridgehead atoms. The molecule has 1 aromatic carbocycles. The van der Waals surface area contributed by atoms with Crippen molar-refractivity contribution in [3.63, 3.8) is 0 Å². The van der Waals surface area contributed by atoms with E-state index >= 15 is 0 Å². The summed E-state index contributed by atoms with van der Waals surface area (Å²) >= 11 is 0. The number of rotatable bonds is 8. The highest BCUT2D eigenvalue weighted by atomic mass is 32.2. The maximum atomic E-state index is 14.1. The first-order valence-electron chi connectivity index (χ1n) is 8.55. The van der Waals surface area contributed by atoms with Crippen LogP contribution in [0.2, 0.25) is 0 Å². The second-order valence-corrected chi connectivity index (χ2v) is 7.76. The molecule has 0 radical (unpaired) electrons. The number of nitrogens with zero attached hydrogens (tertiary/aromatic N) is 2. The van der Waals surface area contributed by atoms with E-state index in [1.807, 2.05) is 0 Å². The maximum Gasteiger partial charge on any atom is 0.338 e. The van der Waals surface area contributed by atoms with E-state index in [0.29, 0.717) is 13.0 Å². The van der Waals surface area contributed by atoms with Gasteiger partial charge in [0.2, 0.25) is 15.9 Å². The highest BCUT2D eigenvalue weighted by molar-refractivity contribution is 7.89. The molecule has 1 aromatic rings. The Morgan fingerprint density at radius 3 is 2.58 bits per heavy atom. The van der Waals surface area contributed by atoms with Crippen LogP contribution in [-0.4, -0.2) is 62.3 Å². The number of hydrogen-bond acceptors (Lipinski definition) is 5. The topological polar surface area (TPSA) is 84.0 Å². The molecule has 0 aromatic heterocycles. The van der Waals surface area contributed by atoms with Crippen molar-refractivity contribution in [1.82, 2.24) is 9.21 Å². The van der Waals surface area contributed by atoms with Gasteiger partial charge >= 0.3 is 5.97 Å². The van der Waals surface area contributed by atoms with E-state index in [-0.39, 0.29) is 37.7 Å². The second kappa shape index (κ2) is 8.59. The van der Waals surface area contributed by atoms with Gasteiger partial charge in [-0.3, -0.25) is 4.79 Å². The van der Waals surface area contributed by atoms with Gasteiger partial charge in [-0.1, -0.05) is 13.8 Å². The first-order valence-corrected chi connectivity index (χ1v) is 9.99. The number of ether oxygens (including phenoxy) is 1. The number of esters is 1. The first kappa shape index (κ1) is 20.3. The third-order valence-electron chi connectivity index (χ3n) is 4.26. The lowest BCUT2D eigenvalue weighted by molar-refractivity contribution is -0.128. The van der Waals surface area contributed by atoms with Gasteiger partial charge in [0.05, 0.1) is 12.1 Å². The van der Waals surface area contributed by atoms with Gasteiger partial charge < -0.3 is 9.64 Å². The summed E-state index contributed by atoms with van der Waals surface area (Å²) in [6, 6.07) is 3.11. The molecule has 1 aliphatic rings. The van der Waals surface area contributed by atoms with Crippen LogP contribution < -0.4 is 0 Å². The predicted molar refractivity (Wildman–Crippen MR) is 92.6 cm³/mol. The fourth-order valence-electron chi connectivity index (χ4n) is 2.80. The summed E-state index contributed by atoms with van der Waals surface area (Å²) in [4.78, 5) is 24.7. The molecule has 26 heavy (non-hydrogen) atoms. The van der Waals surface area contributed by atoms with E-state index in [1.165, 1.54) is 6.07 Å². The minimum atomic E-state index is -4.03. The highest BCUT2D eigenvalue weighted by Gasteiger charge is 2.27. The number of halogens is 1. The molecular formula is C17H23FN2O5S. The van der Waals surface area contributed by atoms with Gasteiger partial charge in [0.25, 0.3) is 0 Å². The van der Waals surface area contributed by atoms with Crippen molar-refractivity contribution in [2.24, 2.45) is 0 Å². The molecule has 1 saturated heterocycles. The fourth-order valence-corrected chi connectivity index (χ4v) is 4.35. The normalized spacial score (nSPS) is 14.9. The molecule has 7 nitrogen and oxygen atoms in total. The van der Waals surface area contributed by atoms with Crippen LogP contribution in [0.4, 0.5) is 4.39 Å². The van der Waals surface area contributed by atoms with Crippen LogP contribution in [-0.2, 0) is 19.6 Å². The van der Waals surface area contributed by atoms with E-state index < -0.39 is 26.7 Å². The fraction of sp³-hybridized carbons (Fsp3) is 0.529. The Bertz CT molecular complexity index is 777. The largest absolute Gasteiger partial charge is 0.460 e. The molecule has 2 rings (SSSR count). The van der Waals surface area contributed by atoms with Gasteiger partial charge in [0, 0.05) is 26.1 Å². The van der Waals surface area contributed by atoms with Crippen LogP contribution in [0.1, 0.15) is 37.0 Å². The Morgan fingerprint density at radius 1 is 1.31 bits per heavy atom. The average molecular weight is 386 g/mol. The lowest BCUT2D eigenvalue weighted by Gasteiger charge is -2.19. The van der Waals surface area contributed by atoms with Crippen molar-refractivity contribution in [1.29, 1.82) is 0 Å². The summed E-state index contributed by atoms with van der Waals surface area (Å²) < 4.78 is 45.3. The maximum absolute atomic E-state index is 14.1. The minimum absolute atomic E-state index is 0.0000775. The van der Waals surface area contributed by atoms with Crippen LogP contribution in [0.5, 0.6) is 0 Å². The van der Waals surface area contributed by atoms with Crippen molar-refractivity contribution in [2.45, 2.75) is 31.6 Å². The smallest absolute Gasteiger partial charge is 0.338 e. The first-order chi connectivity index (χ1) is 12.3. The third-order valence-corrected chi connectivity index (χ3v) is 6.32. The summed E-state index contributed by atoms with van der Waals surface area (Å²) in [6.07, 6.45) is 1.29. The third kappa shape index (κ3) is 4.39. The van der Waals surface area contributed by atoms with Crippen LogP contribution in [0.15, 0.2) is 23.1 Å². The number of benzene rings is 1. The summed E-state index contributed by atoms with van der Waals surface area (Å²) in [6.45, 7) is 4.61. The SMILES string of the molecule is CCN(CC)S(=O)(=O)c1cc(C(=O)OCCN2CCCC2=O)ccc1F. The molecule has 0 N–H and O–H groups in total. The van der Waals surface area contributed by atoms with Crippen molar-refractivity contribution in [3.8, 4) is 0 Å². The lowest BCUT2D eigenvalue weighted by atomic mass is 10.2. The number of carbonyl (C=O) groups is 2. The Balaban J connectivity index is 2.10. The van der Waals surface area contributed by atoms with E-state index in [2.05, 4.69) is 0 Å². The van der Waals surface area contributed by atoms with E-state index in [1.54, 1.807) is 18.7 Å². The Morgan fingerprint density at radius 2 is 2.00 bits per heavy atom. The molecule has 9 heteroatoms. The highest BCUT2D eigenvalue weighted by Crippen LogP contribution is 2.21. The van der Waals surface area contributed by atoms with Crippen molar-refractivity contribution >= 4 is 21.9 Å². The van der Waals surface area contributed by atoms with Gasteiger partial charge in [-0.2, -0.15) is 4.31 Å². The van der Waals surface area contributed by atoms with Gasteiger partial charge in [-0.15, -0.1) is 0 Å². The second-order valence-electron chi connectivity index (χ2n) is 5.85. The van der Waals surface area contributed by atoms with Crippen molar-refractivity contribution in [3.05, 3.63) is 29.6 Å². The number of likely N-dealkylation sites (tertiary alicyclic amines) is 1. The quantitative estimate of drug-likeness (QED) is 0.634. The van der Waals surface area contributed by atoms with E-state index in [9.17, 15) is 22.4 Å². The molecular weight excluding hydrogens is 363 g/mol. The van der Waals surface area contributed by atoms with E-state index in [0.717, 1.165) is 22.9 Å². The standard InChI is InChI=1S/C17H23FN2O5S/c1-3-20(4-2)26(23,24)15-12-13(7-8-14(15)18)17(22)25-11-10-19-9-5-6-16(19)21/h7-8,12H,3-6,9-11H2,1-2H3. The minimum Gasteiger partial charge on any atom is -0.460 e. The molecule has 0 saturated carbocycles. The molecule has 1 amide bonds. The van der Waals surface area contributed by atoms with Gasteiger partial charge in [0.15, 0.2) is 0 Å². The molecule has 1 aliphatic heterocycles. The van der Waals surface area contributed by atoms with Crippen molar-refractivity contribution < 1.29 is 27.1 Å². The number of amides is 1. The molecule has 144 valence electrons. The zero-order valence-electron chi connectivity index (χ0n) is 14.9. The molecule has 0 spiro atoms. The number of carbonyl (C=O) groups excluding carboxylic acids is 2. The summed E-state index contributed by atoms with van der Waals surface area (Å²) in [5.74, 6) is -1.65. The molecule has 0 aliphatic carbocycles. The van der Waals surface area contributed by atoms with Crippen LogP contribution in [0.25, 0.3) is 0 Å². The van der Waals surface area contributed by atoms with Crippen molar-refractivity contribution in [2.75, 3.05) is 32.8 Å². The Hall–Kier alpha value is -2.00. The molecule has 0 atom stereocenters. The summed E-state index contributed by atoms with van der Waals surface area (Å²) in [5, 5.41) is 0. The molecule has 1 fully saturated rings. The van der Waals surface area contributed by atoms with Gasteiger partial charge in [0.1, 0.15) is 17.3 Å². The average Bonchev–Trinajstić information content (AvgIpc) is 3.01. The Kier molecular flexibility index (Phi) is 6.71. The molecule has 1 heterocycles. The number of sulfonamides is 1. The lowest BCUT2D eigenvalue weighted by Crippen LogP contribution is -2.31. The van der Waals surface area contributed by atoms with E-state index in [4.69, 9.17) is 4.74 Å². The summed E-state index contributed by atoms with van der Waals surface area (Å²) in [7, 11) is -4.03. The van der Waals surface area contributed by atoms with Crippen LogP contribution in [0, 0.1) is 5.82 Å².